The summed E-state index contributed by atoms with van der Waals surface area (Å²) in [6, 6.07) is 20.9. The van der Waals surface area contributed by atoms with Crippen LogP contribution in [-0.4, -0.2) is 7.11 Å². The molecule has 0 atom stereocenters. The Morgan fingerprint density at radius 2 is 1.32 bits per heavy atom. The monoisotopic (exact) mass is 410 g/mol. The van der Waals surface area contributed by atoms with Crippen molar-refractivity contribution in [3.8, 4) is 16.9 Å². The van der Waals surface area contributed by atoms with Crippen molar-refractivity contribution in [2.75, 3.05) is 7.11 Å². The Kier molecular flexibility index (Phi) is 4.46. The zero-order valence-electron chi connectivity index (χ0n) is 19.2. The largest absolute Gasteiger partial charge is 0.496 e. The molecule has 7 rings (SSSR count). The summed E-state index contributed by atoms with van der Waals surface area (Å²) in [5.74, 6) is 4.49. The van der Waals surface area contributed by atoms with Gasteiger partial charge in [-0.3, -0.25) is 0 Å². The maximum absolute atomic E-state index is 5.93. The van der Waals surface area contributed by atoms with E-state index >= 15 is 0 Å². The molecule has 4 aliphatic carbocycles. The van der Waals surface area contributed by atoms with Gasteiger partial charge in [0.2, 0.25) is 0 Å². The van der Waals surface area contributed by atoms with Crippen LogP contribution < -0.4 is 4.74 Å². The zero-order valence-corrected chi connectivity index (χ0v) is 19.2. The molecule has 0 radical (unpaired) electrons. The molecule has 0 spiro atoms. The molecule has 0 saturated heterocycles. The Balaban J connectivity index is 1.42. The highest BCUT2D eigenvalue weighted by Gasteiger charge is 2.52. The van der Waals surface area contributed by atoms with Crippen LogP contribution in [0.4, 0.5) is 0 Å². The molecule has 1 nitrogen and oxygen atoms in total. The Morgan fingerprint density at radius 1 is 0.742 bits per heavy atom. The molecule has 0 aromatic heterocycles. The summed E-state index contributed by atoms with van der Waals surface area (Å²) in [5, 5.41) is 2.67. The van der Waals surface area contributed by atoms with E-state index in [4.69, 9.17) is 4.74 Å². The Hall–Kier alpha value is -2.28. The van der Waals surface area contributed by atoms with Gasteiger partial charge in [-0.25, -0.2) is 0 Å². The Morgan fingerprint density at radius 3 is 1.97 bits per heavy atom. The van der Waals surface area contributed by atoms with E-state index in [9.17, 15) is 0 Å². The van der Waals surface area contributed by atoms with Gasteiger partial charge in [-0.05, 0) is 113 Å². The lowest BCUT2D eigenvalue weighted by Gasteiger charge is -2.57. The number of hydrogen-bond acceptors (Lipinski definition) is 1. The molecule has 4 fully saturated rings. The molecule has 3 aromatic rings. The topological polar surface area (TPSA) is 9.23 Å². The van der Waals surface area contributed by atoms with Gasteiger partial charge in [-0.15, -0.1) is 0 Å². The molecule has 160 valence electrons. The predicted molar refractivity (Wildman–Crippen MR) is 130 cm³/mol. The Bertz CT molecular complexity index is 1100. The van der Waals surface area contributed by atoms with Crippen LogP contribution in [0.25, 0.3) is 21.9 Å². The molecule has 0 amide bonds. The van der Waals surface area contributed by atoms with E-state index in [-0.39, 0.29) is 0 Å². The number of ether oxygens (including phenoxy) is 1. The first-order chi connectivity index (χ1) is 15.0. The van der Waals surface area contributed by atoms with Crippen molar-refractivity contribution in [1.82, 2.24) is 0 Å². The fourth-order valence-electron chi connectivity index (χ4n) is 7.55. The van der Waals surface area contributed by atoms with Crippen LogP contribution in [0.3, 0.4) is 0 Å². The first-order valence-corrected chi connectivity index (χ1v) is 12.3. The number of methoxy groups -OCH3 is 1. The standard InChI is InChI=1S/C30H34O/c1-19(2)23-4-5-25-14-26(7-6-24(25)13-23)27-8-9-29(31-3)28(15-27)30-16-20-10-21(17-30)12-22(11-20)18-30/h4-9,13-15,19-22H,10-12,16-18H2,1-3H3. The van der Waals surface area contributed by atoms with Crippen LogP contribution in [0.2, 0.25) is 0 Å². The van der Waals surface area contributed by atoms with E-state index in [0.717, 1.165) is 23.5 Å². The molecule has 1 heteroatoms. The fourth-order valence-corrected chi connectivity index (χ4v) is 7.55. The minimum Gasteiger partial charge on any atom is -0.496 e. The predicted octanol–water partition coefficient (Wildman–Crippen LogP) is 8.11. The highest BCUT2D eigenvalue weighted by atomic mass is 16.5. The minimum atomic E-state index is 0.346. The van der Waals surface area contributed by atoms with Gasteiger partial charge in [0.05, 0.1) is 7.11 Å². The Labute approximate surface area is 186 Å². The first-order valence-electron chi connectivity index (χ1n) is 12.3. The zero-order chi connectivity index (χ0) is 21.2. The fraction of sp³-hybridized carbons (Fsp3) is 0.467. The van der Waals surface area contributed by atoms with E-state index in [0.29, 0.717) is 11.3 Å². The third kappa shape index (κ3) is 3.20. The second kappa shape index (κ2) is 7.12. The number of benzene rings is 3. The highest BCUT2D eigenvalue weighted by Crippen LogP contribution is 2.62. The van der Waals surface area contributed by atoms with E-state index in [1.54, 1.807) is 0 Å². The molecule has 31 heavy (non-hydrogen) atoms. The summed E-state index contributed by atoms with van der Waals surface area (Å²) < 4.78 is 5.93. The number of rotatable bonds is 4. The lowest BCUT2D eigenvalue weighted by molar-refractivity contribution is -0.00613. The van der Waals surface area contributed by atoms with Crippen molar-refractivity contribution in [2.45, 2.75) is 63.7 Å². The van der Waals surface area contributed by atoms with Gasteiger partial charge >= 0.3 is 0 Å². The molecule has 0 heterocycles. The van der Waals surface area contributed by atoms with Crippen LogP contribution in [0.1, 0.15) is 69.4 Å². The van der Waals surface area contributed by atoms with Crippen molar-refractivity contribution in [3.63, 3.8) is 0 Å². The quantitative estimate of drug-likeness (QED) is 0.422. The van der Waals surface area contributed by atoms with Crippen molar-refractivity contribution in [3.05, 3.63) is 65.7 Å². The second-order valence-corrected chi connectivity index (χ2v) is 11.1. The molecule has 4 aliphatic rings. The third-order valence-electron chi connectivity index (χ3n) is 8.67. The summed E-state index contributed by atoms with van der Waals surface area (Å²) in [4.78, 5) is 0. The van der Waals surface area contributed by atoms with Crippen LogP contribution in [0.15, 0.2) is 54.6 Å². The van der Waals surface area contributed by atoms with E-state index < -0.39 is 0 Å². The normalized spacial score (nSPS) is 29.1. The van der Waals surface area contributed by atoms with Gasteiger partial charge in [0.25, 0.3) is 0 Å². The molecule has 4 bridgehead atoms. The van der Waals surface area contributed by atoms with Gasteiger partial charge in [-0.2, -0.15) is 0 Å². The van der Waals surface area contributed by atoms with E-state index in [1.165, 1.54) is 71.6 Å². The summed E-state index contributed by atoms with van der Waals surface area (Å²) in [7, 11) is 1.85. The molecule has 0 aliphatic heterocycles. The lowest BCUT2D eigenvalue weighted by Crippen LogP contribution is -2.48. The highest BCUT2D eigenvalue weighted by molar-refractivity contribution is 5.88. The molecular formula is C30H34O. The molecular weight excluding hydrogens is 376 g/mol. The number of hydrogen-bond donors (Lipinski definition) is 0. The van der Waals surface area contributed by atoms with Crippen LogP contribution in [0.5, 0.6) is 5.75 Å². The number of fused-ring (bicyclic) bond motifs is 1. The van der Waals surface area contributed by atoms with Crippen LogP contribution in [0, 0.1) is 17.8 Å². The van der Waals surface area contributed by atoms with Gasteiger partial charge in [0, 0.05) is 5.56 Å². The summed E-state index contributed by atoms with van der Waals surface area (Å²) in [5.41, 5.74) is 5.90. The summed E-state index contributed by atoms with van der Waals surface area (Å²) in [6.45, 7) is 4.53. The van der Waals surface area contributed by atoms with Gasteiger partial charge in [0.15, 0.2) is 0 Å². The van der Waals surface area contributed by atoms with Crippen LogP contribution >= 0.6 is 0 Å². The van der Waals surface area contributed by atoms with Crippen molar-refractivity contribution in [2.24, 2.45) is 17.8 Å². The van der Waals surface area contributed by atoms with Crippen molar-refractivity contribution in [1.29, 1.82) is 0 Å². The first kappa shape index (κ1) is 19.4. The van der Waals surface area contributed by atoms with Gasteiger partial charge < -0.3 is 4.74 Å². The average molecular weight is 411 g/mol. The molecule has 0 N–H and O–H groups in total. The maximum atomic E-state index is 5.93. The minimum absolute atomic E-state index is 0.346. The molecule has 4 saturated carbocycles. The van der Waals surface area contributed by atoms with Crippen molar-refractivity contribution < 1.29 is 4.74 Å². The third-order valence-corrected chi connectivity index (χ3v) is 8.67. The SMILES string of the molecule is COc1ccc(-c2ccc3cc(C(C)C)ccc3c2)cc1C12CC3CC(CC(C3)C1)C2. The van der Waals surface area contributed by atoms with Gasteiger partial charge in [0.1, 0.15) is 5.75 Å². The molecule has 3 aromatic carbocycles. The molecule has 0 unspecified atom stereocenters. The average Bonchev–Trinajstić information content (AvgIpc) is 2.77. The van der Waals surface area contributed by atoms with E-state index in [1.807, 2.05) is 7.11 Å². The lowest BCUT2D eigenvalue weighted by atomic mass is 9.48. The second-order valence-electron chi connectivity index (χ2n) is 11.1. The van der Waals surface area contributed by atoms with E-state index in [2.05, 4.69) is 68.4 Å². The van der Waals surface area contributed by atoms with Crippen molar-refractivity contribution >= 4 is 10.8 Å². The maximum Gasteiger partial charge on any atom is 0.122 e. The summed E-state index contributed by atoms with van der Waals surface area (Å²) >= 11 is 0. The smallest absolute Gasteiger partial charge is 0.122 e. The van der Waals surface area contributed by atoms with Crippen LogP contribution in [-0.2, 0) is 5.41 Å². The van der Waals surface area contributed by atoms with Gasteiger partial charge in [-0.1, -0.05) is 50.2 Å². The summed E-state index contributed by atoms with van der Waals surface area (Å²) in [6.07, 6.45) is 8.54.